The molecule has 0 radical (unpaired) electrons. The van der Waals surface area contributed by atoms with E-state index < -0.39 is 0 Å². The lowest BCUT2D eigenvalue weighted by Crippen LogP contribution is -2.53. The van der Waals surface area contributed by atoms with Gasteiger partial charge < -0.3 is 5.11 Å². The van der Waals surface area contributed by atoms with Crippen molar-refractivity contribution >= 4 is 0 Å². The Morgan fingerprint density at radius 3 is 2.77 bits per heavy atom. The molecule has 2 aromatic rings. The van der Waals surface area contributed by atoms with Crippen LogP contribution in [0.15, 0.2) is 36.4 Å². The van der Waals surface area contributed by atoms with Crippen molar-refractivity contribution in [2.45, 2.75) is 24.8 Å². The molecule has 4 heteroatoms. The van der Waals surface area contributed by atoms with Gasteiger partial charge in [-0.05, 0) is 31.4 Å². The standard InChI is InChI=1S/C18H23N3O/c1-20-18(10-17(19-20)13-5-3-2-4-6-13)16-11-21-8-7-14(16)9-15(21)12-22/h2-6,10,14-16,22H,7-9,11-12H2,1H3/t14-,15+,16-/m1/s1. The van der Waals surface area contributed by atoms with E-state index in [4.69, 9.17) is 5.10 Å². The monoisotopic (exact) mass is 297 g/mol. The summed E-state index contributed by atoms with van der Waals surface area (Å²) < 4.78 is 2.06. The lowest BCUT2D eigenvalue weighted by molar-refractivity contribution is 0.00105. The Hall–Kier alpha value is -1.65. The van der Waals surface area contributed by atoms with Crippen molar-refractivity contribution in [3.05, 3.63) is 42.1 Å². The minimum Gasteiger partial charge on any atom is -0.395 e. The lowest BCUT2D eigenvalue weighted by Gasteiger charge is -2.49. The molecule has 4 atom stereocenters. The first-order chi connectivity index (χ1) is 10.8. The van der Waals surface area contributed by atoms with Crippen LogP contribution in [0.4, 0.5) is 0 Å². The quantitative estimate of drug-likeness (QED) is 0.945. The maximum Gasteiger partial charge on any atom is 0.0926 e. The van der Waals surface area contributed by atoms with Gasteiger partial charge in [0, 0.05) is 36.8 Å². The summed E-state index contributed by atoms with van der Waals surface area (Å²) in [4.78, 5) is 2.46. The first kappa shape index (κ1) is 14.0. The zero-order valence-corrected chi connectivity index (χ0v) is 13.0. The molecule has 0 aliphatic carbocycles. The Labute approximate surface area is 131 Å². The normalized spacial score (nSPS) is 30.6. The van der Waals surface area contributed by atoms with Crippen molar-refractivity contribution in [2.24, 2.45) is 13.0 Å². The predicted molar refractivity (Wildman–Crippen MR) is 86.6 cm³/mol. The fraction of sp³-hybridized carbons (Fsp3) is 0.500. The van der Waals surface area contributed by atoms with E-state index in [0.717, 1.165) is 25.2 Å². The Kier molecular flexibility index (Phi) is 3.51. The average Bonchev–Trinajstić information content (AvgIpc) is 2.97. The minimum atomic E-state index is 0.296. The smallest absolute Gasteiger partial charge is 0.0926 e. The van der Waals surface area contributed by atoms with Crippen LogP contribution >= 0.6 is 0 Å². The van der Waals surface area contributed by atoms with Crippen molar-refractivity contribution in [2.75, 3.05) is 19.7 Å². The third-order valence-electron chi connectivity index (χ3n) is 5.45. The minimum absolute atomic E-state index is 0.296. The molecule has 22 heavy (non-hydrogen) atoms. The number of rotatable bonds is 3. The van der Waals surface area contributed by atoms with E-state index in [-0.39, 0.29) is 0 Å². The van der Waals surface area contributed by atoms with Crippen LogP contribution in [0, 0.1) is 5.92 Å². The maximum atomic E-state index is 9.52. The van der Waals surface area contributed by atoms with Gasteiger partial charge in [0.25, 0.3) is 0 Å². The number of fused-ring (bicyclic) bond motifs is 3. The number of piperidine rings is 3. The van der Waals surface area contributed by atoms with Crippen LogP contribution in [-0.4, -0.2) is 45.5 Å². The van der Waals surface area contributed by atoms with Crippen molar-refractivity contribution in [1.82, 2.24) is 14.7 Å². The number of benzene rings is 1. The van der Waals surface area contributed by atoms with Crippen LogP contribution < -0.4 is 0 Å². The van der Waals surface area contributed by atoms with E-state index >= 15 is 0 Å². The second-order valence-electron chi connectivity index (χ2n) is 6.67. The number of aliphatic hydroxyl groups is 1. The second kappa shape index (κ2) is 5.52. The first-order valence-corrected chi connectivity index (χ1v) is 8.20. The summed E-state index contributed by atoms with van der Waals surface area (Å²) in [5, 5.41) is 14.2. The molecule has 0 amide bonds. The zero-order chi connectivity index (χ0) is 15.1. The van der Waals surface area contributed by atoms with Gasteiger partial charge in [-0.3, -0.25) is 9.58 Å². The number of hydrogen-bond donors (Lipinski definition) is 1. The van der Waals surface area contributed by atoms with Crippen molar-refractivity contribution in [3.63, 3.8) is 0 Å². The summed E-state index contributed by atoms with van der Waals surface area (Å²) in [5.74, 6) is 1.23. The number of hydrogen-bond acceptors (Lipinski definition) is 3. The molecule has 1 aromatic heterocycles. The maximum absolute atomic E-state index is 9.52. The van der Waals surface area contributed by atoms with Gasteiger partial charge in [0.2, 0.25) is 0 Å². The Balaban J connectivity index is 1.63. The molecule has 3 fully saturated rings. The van der Waals surface area contributed by atoms with Gasteiger partial charge in [-0.15, -0.1) is 0 Å². The van der Waals surface area contributed by atoms with Gasteiger partial charge in [0.1, 0.15) is 0 Å². The summed E-state index contributed by atoms with van der Waals surface area (Å²) >= 11 is 0. The van der Waals surface area contributed by atoms with Crippen LogP contribution in [0.1, 0.15) is 24.5 Å². The molecule has 2 bridgehead atoms. The molecule has 1 aromatic carbocycles. The fourth-order valence-corrected chi connectivity index (χ4v) is 4.24. The summed E-state index contributed by atoms with van der Waals surface area (Å²) in [6.07, 6.45) is 2.36. The SMILES string of the molecule is Cn1nc(-c2ccccc2)cc1[C@@H]1CN2CC[C@@H]1C[C@H]2CO. The van der Waals surface area contributed by atoms with Crippen LogP contribution in [0.5, 0.6) is 0 Å². The van der Waals surface area contributed by atoms with E-state index in [2.05, 4.69) is 47.0 Å². The van der Waals surface area contributed by atoms with E-state index in [1.54, 1.807) is 0 Å². The molecular formula is C18H23N3O. The van der Waals surface area contributed by atoms with Crippen LogP contribution in [-0.2, 0) is 7.05 Å². The highest BCUT2D eigenvalue weighted by Crippen LogP contribution is 2.42. The predicted octanol–water partition coefficient (Wildman–Crippen LogP) is 2.26. The van der Waals surface area contributed by atoms with Crippen molar-refractivity contribution < 1.29 is 5.11 Å². The molecule has 116 valence electrons. The second-order valence-corrected chi connectivity index (χ2v) is 6.67. The molecule has 4 nitrogen and oxygen atoms in total. The highest BCUT2D eigenvalue weighted by atomic mass is 16.3. The average molecular weight is 297 g/mol. The van der Waals surface area contributed by atoms with Crippen LogP contribution in [0.3, 0.4) is 0 Å². The molecule has 3 saturated heterocycles. The van der Waals surface area contributed by atoms with Crippen LogP contribution in [0.25, 0.3) is 11.3 Å². The van der Waals surface area contributed by atoms with Gasteiger partial charge >= 0.3 is 0 Å². The highest BCUT2D eigenvalue weighted by Gasteiger charge is 2.41. The molecule has 3 aliphatic heterocycles. The number of aliphatic hydroxyl groups excluding tert-OH is 1. The molecule has 0 saturated carbocycles. The van der Waals surface area contributed by atoms with Gasteiger partial charge in [-0.25, -0.2) is 0 Å². The number of nitrogens with zero attached hydrogens (tertiary/aromatic N) is 3. The third kappa shape index (κ3) is 2.27. The van der Waals surface area contributed by atoms with E-state index in [9.17, 15) is 5.11 Å². The van der Waals surface area contributed by atoms with E-state index in [0.29, 0.717) is 24.5 Å². The van der Waals surface area contributed by atoms with Crippen molar-refractivity contribution in [3.8, 4) is 11.3 Å². The number of aryl methyl sites for hydroxylation is 1. The summed E-state index contributed by atoms with van der Waals surface area (Å²) in [6, 6.07) is 13.0. The first-order valence-electron chi connectivity index (χ1n) is 8.20. The lowest BCUT2D eigenvalue weighted by atomic mass is 9.74. The topological polar surface area (TPSA) is 41.3 Å². The fourth-order valence-electron chi connectivity index (χ4n) is 4.24. The van der Waals surface area contributed by atoms with Crippen molar-refractivity contribution in [1.29, 1.82) is 0 Å². The molecule has 4 heterocycles. The zero-order valence-electron chi connectivity index (χ0n) is 13.0. The van der Waals surface area contributed by atoms with Gasteiger partial charge in [0.15, 0.2) is 0 Å². The molecule has 5 rings (SSSR count). The third-order valence-corrected chi connectivity index (χ3v) is 5.45. The summed E-state index contributed by atoms with van der Waals surface area (Å²) in [5.41, 5.74) is 3.58. The molecular weight excluding hydrogens is 274 g/mol. The largest absolute Gasteiger partial charge is 0.395 e. The van der Waals surface area contributed by atoms with E-state index in [1.165, 1.54) is 17.7 Å². The summed E-state index contributed by atoms with van der Waals surface area (Å²) in [6.45, 7) is 2.49. The molecule has 3 aliphatic rings. The van der Waals surface area contributed by atoms with Gasteiger partial charge in [0.05, 0.1) is 12.3 Å². The Morgan fingerprint density at radius 1 is 1.27 bits per heavy atom. The summed E-state index contributed by atoms with van der Waals surface area (Å²) in [7, 11) is 2.06. The van der Waals surface area contributed by atoms with E-state index in [1.807, 2.05) is 6.07 Å². The Morgan fingerprint density at radius 2 is 2.09 bits per heavy atom. The molecule has 0 spiro atoms. The van der Waals surface area contributed by atoms with Gasteiger partial charge in [-0.2, -0.15) is 5.10 Å². The Bertz CT molecular complexity index is 652. The van der Waals surface area contributed by atoms with Crippen LogP contribution in [0.2, 0.25) is 0 Å². The van der Waals surface area contributed by atoms with Gasteiger partial charge in [-0.1, -0.05) is 30.3 Å². The highest BCUT2D eigenvalue weighted by molar-refractivity contribution is 5.59. The number of aromatic nitrogens is 2. The molecule has 1 unspecified atom stereocenters. The molecule has 1 N–H and O–H groups in total.